The van der Waals surface area contributed by atoms with E-state index in [1.54, 1.807) is 11.3 Å². The van der Waals surface area contributed by atoms with Crippen molar-refractivity contribution in [1.29, 1.82) is 0 Å². The molecular formula is C18H21N3OS. The molecule has 0 N–H and O–H groups in total. The Morgan fingerprint density at radius 3 is 2.91 bits per heavy atom. The van der Waals surface area contributed by atoms with Gasteiger partial charge >= 0.3 is 0 Å². The fraction of sp³-hybridized carbons (Fsp3) is 0.444. The Bertz CT molecular complexity index is 658. The number of likely N-dealkylation sites (tertiary alicyclic amines) is 2. The molecule has 2 aliphatic rings. The summed E-state index contributed by atoms with van der Waals surface area (Å²) in [5.41, 5.74) is 1.26. The molecule has 23 heavy (non-hydrogen) atoms. The van der Waals surface area contributed by atoms with Gasteiger partial charge in [0.1, 0.15) is 0 Å². The Hall–Kier alpha value is -1.72. The second kappa shape index (κ2) is 6.42. The standard InChI is InChI=1S/C18H21N3OS/c22-18(11-15-4-2-10-23-15)21-9-6-16-17(21)5-8-20(16)13-14-3-1-7-19-12-14/h1-4,7,10,12,16-17H,5-6,8-9,11,13H2/t16-,17+/m0/s1. The fourth-order valence-corrected chi connectivity index (χ4v) is 4.67. The largest absolute Gasteiger partial charge is 0.338 e. The van der Waals surface area contributed by atoms with Gasteiger partial charge in [0.05, 0.1) is 6.42 Å². The minimum absolute atomic E-state index is 0.295. The first kappa shape index (κ1) is 14.8. The molecule has 2 aromatic rings. The highest BCUT2D eigenvalue weighted by Crippen LogP contribution is 2.33. The molecule has 0 spiro atoms. The number of aromatic nitrogens is 1. The second-order valence-electron chi connectivity index (χ2n) is 6.39. The number of rotatable bonds is 4. The summed E-state index contributed by atoms with van der Waals surface area (Å²) in [7, 11) is 0. The topological polar surface area (TPSA) is 36.4 Å². The SMILES string of the molecule is O=C(Cc1cccs1)N1CC[C@H]2[C@H]1CCN2Cc1cccnc1. The Kier molecular flexibility index (Phi) is 4.14. The molecule has 2 saturated heterocycles. The predicted molar refractivity (Wildman–Crippen MR) is 91.2 cm³/mol. The van der Waals surface area contributed by atoms with Gasteiger partial charge in [0.15, 0.2) is 0 Å². The van der Waals surface area contributed by atoms with Gasteiger partial charge in [0.25, 0.3) is 0 Å². The summed E-state index contributed by atoms with van der Waals surface area (Å²) in [6.07, 6.45) is 6.52. The monoisotopic (exact) mass is 327 g/mol. The Labute approximate surface area is 140 Å². The number of nitrogens with zero attached hydrogens (tertiary/aromatic N) is 3. The van der Waals surface area contributed by atoms with E-state index in [2.05, 4.69) is 26.9 Å². The van der Waals surface area contributed by atoms with Crippen LogP contribution in [-0.4, -0.2) is 45.9 Å². The highest BCUT2D eigenvalue weighted by Gasteiger charge is 2.43. The molecule has 0 saturated carbocycles. The average molecular weight is 327 g/mol. The smallest absolute Gasteiger partial charge is 0.228 e. The summed E-state index contributed by atoms with van der Waals surface area (Å²) < 4.78 is 0. The normalized spacial score (nSPS) is 24.1. The van der Waals surface area contributed by atoms with Crippen LogP contribution in [-0.2, 0) is 17.8 Å². The molecule has 2 atom stereocenters. The zero-order valence-electron chi connectivity index (χ0n) is 13.1. The van der Waals surface area contributed by atoms with Crippen molar-refractivity contribution in [3.63, 3.8) is 0 Å². The maximum atomic E-state index is 12.6. The van der Waals surface area contributed by atoms with Crippen LogP contribution < -0.4 is 0 Å². The van der Waals surface area contributed by atoms with Crippen molar-refractivity contribution in [2.24, 2.45) is 0 Å². The van der Waals surface area contributed by atoms with Crippen molar-refractivity contribution in [2.45, 2.75) is 37.9 Å². The van der Waals surface area contributed by atoms with E-state index in [9.17, 15) is 4.79 Å². The highest BCUT2D eigenvalue weighted by atomic mass is 32.1. The van der Waals surface area contributed by atoms with Crippen LogP contribution in [0.15, 0.2) is 42.0 Å². The Morgan fingerprint density at radius 2 is 2.13 bits per heavy atom. The van der Waals surface area contributed by atoms with Crippen molar-refractivity contribution in [3.8, 4) is 0 Å². The molecule has 0 bridgehead atoms. The maximum absolute atomic E-state index is 12.6. The van der Waals surface area contributed by atoms with E-state index < -0.39 is 0 Å². The van der Waals surface area contributed by atoms with Crippen LogP contribution in [0.25, 0.3) is 0 Å². The van der Waals surface area contributed by atoms with Gasteiger partial charge in [-0.2, -0.15) is 0 Å². The van der Waals surface area contributed by atoms with Crippen molar-refractivity contribution in [1.82, 2.24) is 14.8 Å². The third kappa shape index (κ3) is 3.03. The summed E-state index contributed by atoms with van der Waals surface area (Å²) in [6, 6.07) is 9.12. The molecule has 5 heteroatoms. The van der Waals surface area contributed by atoms with Gasteiger partial charge in [-0.05, 0) is 35.9 Å². The van der Waals surface area contributed by atoms with Gasteiger partial charge in [-0.3, -0.25) is 14.7 Å². The minimum atomic E-state index is 0.295. The molecule has 120 valence electrons. The van der Waals surface area contributed by atoms with Gasteiger partial charge in [-0.1, -0.05) is 12.1 Å². The predicted octanol–water partition coefficient (Wildman–Crippen LogP) is 2.56. The number of thiophene rings is 1. The maximum Gasteiger partial charge on any atom is 0.228 e. The Morgan fingerprint density at radius 1 is 1.22 bits per heavy atom. The zero-order valence-corrected chi connectivity index (χ0v) is 13.9. The lowest BCUT2D eigenvalue weighted by molar-refractivity contribution is -0.131. The van der Waals surface area contributed by atoms with Crippen LogP contribution in [0.1, 0.15) is 23.3 Å². The molecule has 2 aromatic heterocycles. The van der Waals surface area contributed by atoms with Crippen LogP contribution in [0.4, 0.5) is 0 Å². The molecule has 0 aromatic carbocycles. The van der Waals surface area contributed by atoms with Gasteiger partial charge < -0.3 is 4.90 Å². The number of pyridine rings is 1. The molecule has 4 rings (SSSR count). The van der Waals surface area contributed by atoms with E-state index >= 15 is 0 Å². The summed E-state index contributed by atoms with van der Waals surface area (Å²) in [4.78, 5) is 22.7. The third-order valence-electron chi connectivity index (χ3n) is 5.03. The van der Waals surface area contributed by atoms with Gasteiger partial charge in [0, 0.05) is 49.0 Å². The number of carbonyl (C=O) groups is 1. The van der Waals surface area contributed by atoms with Crippen molar-refractivity contribution < 1.29 is 4.79 Å². The molecular weight excluding hydrogens is 306 g/mol. The molecule has 0 radical (unpaired) electrons. The number of hydrogen-bond acceptors (Lipinski definition) is 4. The van der Waals surface area contributed by atoms with E-state index in [4.69, 9.17) is 0 Å². The minimum Gasteiger partial charge on any atom is -0.338 e. The van der Waals surface area contributed by atoms with Crippen molar-refractivity contribution >= 4 is 17.2 Å². The lowest BCUT2D eigenvalue weighted by Crippen LogP contribution is -2.40. The summed E-state index contributed by atoms with van der Waals surface area (Å²) >= 11 is 1.67. The van der Waals surface area contributed by atoms with Crippen LogP contribution in [0.2, 0.25) is 0 Å². The van der Waals surface area contributed by atoms with E-state index in [-0.39, 0.29) is 0 Å². The number of amides is 1. The van der Waals surface area contributed by atoms with Gasteiger partial charge in [-0.25, -0.2) is 0 Å². The van der Waals surface area contributed by atoms with E-state index in [1.807, 2.05) is 29.9 Å². The van der Waals surface area contributed by atoms with Gasteiger partial charge in [0.2, 0.25) is 5.91 Å². The van der Waals surface area contributed by atoms with Crippen LogP contribution >= 0.6 is 11.3 Å². The van der Waals surface area contributed by atoms with Crippen LogP contribution in [0, 0.1) is 0 Å². The number of fused-ring (bicyclic) bond motifs is 1. The second-order valence-corrected chi connectivity index (χ2v) is 7.42. The molecule has 0 aliphatic carbocycles. The fourth-order valence-electron chi connectivity index (χ4n) is 3.97. The Balaban J connectivity index is 1.40. The summed E-state index contributed by atoms with van der Waals surface area (Å²) in [5, 5.41) is 2.04. The highest BCUT2D eigenvalue weighted by molar-refractivity contribution is 7.10. The molecule has 2 fully saturated rings. The molecule has 1 amide bonds. The molecule has 4 heterocycles. The number of hydrogen-bond donors (Lipinski definition) is 0. The van der Waals surface area contributed by atoms with Gasteiger partial charge in [-0.15, -0.1) is 11.3 Å². The first-order chi connectivity index (χ1) is 11.3. The van der Waals surface area contributed by atoms with E-state index in [0.717, 1.165) is 32.5 Å². The van der Waals surface area contributed by atoms with Crippen LogP contribution in [0.5, 0.6) is 0 Å². The van der Waals surface area contributed by atoms with E-state index in [0.29, 0.717) is 24.4 Å². The van der Waals surface area contributed by atoms with Crippen molar-refractivity contribution in [3.05, 3.63) is 52.5 Å². The first-order valence-electron chi connectivity index (χ1n) is 8.26. The number of carbonyl (C=O) groups excluding carboxylic acids is 1. The third-order valence-corrected chi connectivity index (χ3v) is 5.90. The lowest BCUT2D eigenvalue weighted by atomic mass is 10.1. The lowest BCUT2D eigenvalue weighted by Gasteiger charge is -2.25. The molecule has 0 unspecified atom stereocenters. The average Bonchev–Trinajstić information content (AvgIpc) is 3.27. The molecule has 4 nitrogen and oxygen atoms in total. The molecule has 2 aliphatic heterocycles. The zero-order chi connectivity index (χ0) is 15.6. The van der Waals surface area contributed by atoms with Crippen LogP contribution in [0.3, 0.4) is 0 Å². The first-order valence-corrected chi connectivity index (χ1v) is 9.14. The summed E-state index contributed by atoms with van der Waals surface area (Å²) in [5.74, 6) is 0.295. The van der Waals surface area contributed by atoms with Crippen molar-refractivity contribution in [2.75, 3.05) is 13.1 Å². The van der Waals surface area contributed by atoms with E-state index in [1.165, 1.54) is 10.4 Å². The summed E-state index contributed by atoms with van der Waals surface area (Å²) in [6.45, 7) is 2.93. The quantitative estimate of drug-likeness (QED) is 0.866.